The summed E-state index contributed by atoms with van der Waals surface area (Å²) in [5, 5.41) is 8.47. The van der Waals surface area contributed by atoms with E-state index >= 15 is 0 Å². The summed E-state index contributed by atoms with van der Waals surface area (Å²) >= 11 is 0. The molecule has 1 aromatic heterocycles. The van der Waals surface area contributed by atoms with Gasteiger partial charge in [0.2, 0.25) is 0 Å². The van der Waals surface area contributed by atoms with Crippen LogP contribution in [0.25, 0.3) is 0 Å². The minimum atomic E-state index is -0.140. The van der Waals surface area contributed by atoms with Gasteiger partial charge in [-0.15, -0.1) is 0 Å². The van der Waals surface area contributed by atoms with E-state index < -0.39 is 0 Å². The van der Waals surface area contributed by atoms with E-state index in [0.29, 0.717) is 12.4 Å². The minimum Gasteiger partial charge on any atom is -0.492 e. The molecule has 3 nitrogen and oxygen atoms in total. The first kappa shape index (κ1) is 9.56. The number of pyridine rings is 1. The molecule has 0 atom stereocenters. The van der Waals surface area contributed by atoms with Crippen molar-refractivity contribution in [3.05, 3.63) is 24.0 Å². The van der Waals surface area contributed by atoms with E-state index in [1.54, 1.807) is 18.5 Å². The van der Waals surface area contributed by atoms with Gasteiger partial charge in [-0.05, 0) is 13.0 Å². The van der Waals surface area contributed by atoms with E-state index in [2.05, 4.69) is 16.8 Å². The van der Waals surface area contributed by atoms with Gasteiger partial charge in [0, 0.05) is 11.8 Å². The van der Waals surface area contributed by atoms with Crippen LogP contribution in [-0.4, -0.2) is 23.3 Å². The van der Waals surface area contributed by atoms with Gasteiger partial charge in [-0.3, -0.25) is 4.98 Å². The Hall–Kier alpha value is -1.53. The molecule has 13 heavy (non-hydrogen) atoms. The Bertz CT molecular complexity index is 325. The number of aliphatic hydroxyl groups is 1. The number of nitrogens with zero attached hydrogens (tertiary/aromatic N) is 1. The maximum Gasteiger partial charge on any atom is 0.138 e. The fourth-order valence-electron chi connectivity index (χ4n) is 0.874. The zero-order valence-electron chi connectivity index (χ0n) is 7.45. The van der Waals surface area contributed by atoms with Crippen molar-refractivity contribution in [1.82, 2.24) is 4.98 Å². The van der Waals surface area contributed by atoms with Gasteiger partial charge in [0.25, 0.3) is 0 Å². The molecule has 0 aliphatic heterocycles. The normalized spacial score (nSPS) is 8.77. The highest BCUT2D eigenvalue weighted by Crippen LogP contribution is 2.09. The molecule has 0 radical (unpaired) electrons. The molecule has 0 saturated carbocycles. The molecule has 0 spiro atoms. The van der Waals surface area contributed by atoms with Crippen LogP contribution in [-0.2, 0) is 0 Å². The summed E-state index contributed by atoms with van der Waals surface area (Å²) in [5.41, 5.74) is 0.750. The summed E-state index contributed by atoms with van der Waals surface area (Å²) in [6.45, 7) is 2.38. The first-order valence-corrected chi connectivity index (χ1v) is 4.04. The van der Waals surface area contributed by atoms with Crippen LogP contribution >= 0.6 is 0 Å². The second-order valence-corrected chi connectivity index (χ2v) is 2.30. The molecule has 1 N–H and O–H groups in total. The molecule has 0 aliphatic carbocycles. The molecule has 0 saturated heterocycles. The Kier molecular flexibility index (Phi) is 3.80. The summed E-state index contributed by atoms with van der Waals surface area (Å²) in [5.74, 6) is 6.00. The number of rotatable bonds is 2. The van der Waals surface area contributed by atoms with Gasteiger partial charge in [-0.25, -0.2) is 0 Å². The topological polar surface area (TPSA) is 42.4 Å². The predicted molar refractivity (Wildman–Crippen MR) is 49.4 cm³/mol. The third kappa shape index (κ3) is 3.14. The lowest BCUT2D eigenvalue weighted by atomic mass is 10.3. The van der Waals surface area contributed by atoms with E-state index in [1.165, 1.54) is 0 Å². The van der Waals surface area contributed by atoms with Crippen LogP contribution in [0, 0.1) is 11.8 Å². The Morgan fingerprint density at radius 1 is 1.54 bits per heavy atom. The van der Waals surface area contributed by atoms with Crippen molar-refractivity contribution in [3.8, 4) is 17.6 Å². The van der Waals surface area contributed by atoms with Gasteiger partial charge in [-0.2, -0.15) is 0 Å². The Morgan fingerprint density at radius 2 is 2.38 bits per heavy atom. The Labute approximate surface area is 77.4 Å². The van der Waals surface area contributed by atoms with Crippen molar-refractivity contribution in [2.24, 2.45) is 0 Å². The first-order chi connectivity index (χ1) is 6.36. The maximum atomic E-state index is 8.47. The van der Waals surface area contributed by atoms with Crippen molar-refractivity contribution in [1.29, 1.82) is 0 Å². The monoisotopic (exact) mass is 177 g/mol. The summed E-state index contributed by atoms with van der Waals surface area (Å²) in [4.78, 5) is 3.95. The highest BCUT2D eigenvalue weighted by molar-refractivity contribution is 5.36. The quantitative estimate of drug-likeness (QED) is 0.680. The summed E-state index contributed by atoms with van der Waals surface area (Å²) in [6, 6.07) is 1.79. The van der Waals surface area contributed by atoms with E-state index in [4.69, 9.17) is 9.84 Å². The maximum absolute atomic E-state index is 8.47. The van der Waals surface area contributed by atoms with Crippen molar-refractivity contribution >= 4 is 0 Å². The van der Waals surface area contributed by atoms with Gasteiger partial charge in [0.05, 0.1) is 12.8 Å². The molecule has 1 rings (SSSR count). The highest BCUT2D eigenvalue weighted by atomic mass is 16.5. The molecule has 3 heteroatoms. The number of hydrogen-bond donors (Lipinski definition) is 1. The molecule has 1 aromatic rings. The molecule has 0 unspecified atom stereocenters. The molecular formula is C10H11NO2. The van der Waals surface area contributed by atoms with E-state index in [1.807, 2.05) is 6.92 Å². The molecule has 1 heterocycles. The van der Waals surface area contributed by atoms with E-state index in [-0.39, 0.29) is 6.61 Å². The second-order valence-electron chi connectivity index (χ2n) is 2.30. The molecule has 0 fully saturated rings. The van der Waals surface area contributed by atoms with E-state index in [9.17, 15) is 0 Å². The minimum absolute atomic E-state index is 0.140. The zero-order valence-corrected chi connectivity index (χ0v) is 7.45. The Morgan fingerprint density at radius 3 is 3.08 bits per heavy atom. The Balaban J connectivity index is 2.79. The van der Waals surface area contributed by atoms with Gasteiger partial charge in [0.15, 0.2) is 0 Å². The standard InChI is InChI=1S/C10H11NO2/c1-2-13-10-6-9(4-3-5-12)7-11-8-10/h6-8,12H,2,5H2,1H3. The van der Waals surface area contributed by atoms with Gasteiger partial charge in [0.1, 0.15) is 12.4 Å². The van der Waals surface area contributed by atoms with Crippen molar-refractivity contribution < 1.29 is 9.84 Å². The van der Waals surface area contributed by atoms with Gasteiger partial charge in [-0.1, -0.05) is 11.8 Å². The van der Waals surface area contributed by atoms with Gasteiger partial charge >= 0.3 is 0 Å². The number of aromatic nitrogens is 1. The fraction of sp³-hybridized carbons (Fsp3) is 0.300. The summed E-state index contributed by atoms with van der Waals surface area (Å²) in [7, 11) is 0. The number of hydrogen-bond acceptors (Lipinski definition) is 3. The third-order valence-corrected chi connectivity index (χ3v) is 1.34. The van der Waals surface area contributed by atoms with Crippen LogP contribution in [0.1, 0.15) is 12.5 Å². The highest BCUT2D eigenvalue weighted by Gasteiger charge is 1.93. The van der Waals surface area contributed by atoms with Crippen molar-refractivity contribution in [2.75, 3.05) is 13.2 Å². The number of ether oxygens (including phenoxy) is 1. The molecule has 0 amide bonds. The summed E-state index contributed by atoms with van der Waals surface area (Å²) in [6.07, 6.45) is 3.26. The first-order valence-electron chi connectivity index (χ1n) is 4.04. The van der Waals surface area contributed by atoms with Gasteiger partial charge < -0.3 is 9.84 Å². The lowest BCUT2D eigenvalue weighted by Gasteiger charge is -2.00. The van der Waals surface area contributed by atoms with Crippen LogP contribution in [0.15, 0.2) is 18.5 Å². The van der Waals surface area contributed by atoms with Crippen LogP contribution in [0.5, 0.6) is 5.75 Å². The predicted octanol–water partition coefficient (Wildman–Crippen LogP) is 0.824. The second kappa shape index (κ2) is 5.18. The largest absolute Gasteiger partial charge is 0.492 e. The van der Waals surface area contributed by atoms with Crippen LogP contribution in [0.3, 0.4) is 0 Å². The smallest absolute Gasteiger partial charge is 0.138 e. The SMILES string of the molecule is CCOc1cncc(C#CCO)c1. The average molecular weight is 177 g/mol. The lowest BCUT2D eigenvalue weighted by Crippen LogP contribution is -1.92. The van der Waals surface area contributed by atoms with Crippen LogP contribution in [0.2, 0.25) is 0 Å². The van der Waals surface area contributed by atoms with Crippen molar-refractivity contribution in [3.63, 3.8) is 0 Å². The van der Waals surface area contributed by atoms with E-state index in [0.717, 1.165) is 5.56 Å². The number of aliphatic hydroxyl groups excluding tert-OH is 1. The molecule has 0 aliphatic rings. The molecule has 0 aromatic carbocycles. The lowest BCUT2D eigenvalue weighted by molar-refractivity contribution is 0.338. The van der Waals surface area contributed by atoms with Crippen molar-refractivity contribution in [2.45, 2.75) is 6.92 Å². The van der Waals surface area contributed by atoms with Crippen LogP contribution in [0.4, 0.5) is 0 Å². The third-order valence-electron chi connectivity index (χ3n) is 1.34. The fourth-order valence-corrected chi connectivity index (χ4v) is 0.874. The average Bonchev–Trinajstić information content (AvgIpc) is 2.16. The molecule has 0 bridgehead atoms. The summed E-state index contributed by atoms with van der Waals surface area (Å²) < 4.78 is 5.23. The van der Waals surface area contributed by atoms with Crippen LogP contribution < -0.4 is 4.74 Å². The molecule has 68 valence electrons. The molecular weight excluding hydrogens is 166 g/mol. The zero-order chi connectivity index (χ0) is 9.52.